The van der Waals surface area contributed by atoms with Gasteiger partial charge in [0, 0.05) is 5.25 Å². The Bertz CT molecular complexity index is 467. The van der Waals surface area contributed by atoms with Crippen molar-refractivity contribution in [1.29, 1.82) is 0 Å². The Morgan fingerprint density at radius 3 is 2.69 bits per heavy atom. The normalized spacial score (nSPS) is 10.8. The van der Waals surface area contributed by atoms with Gasteiger partial charge in [-0.1, -0.05) is 33.0 Å². The summed E-state index contributed by atoms with van der Waals surface area (Å²) in [7, 11) is 0. The van der Waals surface area contributed by atoms with Crippen LogP contribution < -0.4 is 0 Å². The van der Waals surface area contributed by atoms with Crippen molar-refractivity contribution < 1.29 is 0 Å². The fourth-order valence-corrected chi connectivity index (χ4v) is 2.46. The number of H-pyrrole nitrogens is 1. The van der Waals surface area contributed by atoms with Gasteiger partial charge in [-0.2, -0.15) is 0 Å². The Labute approximate surface area is 104 Å². The van der Waals surface area contributed by atoms with Crippen LogP contribution in [0, 0.1) is 0 Å². The van der Waals surface area contributed by atoms with Gasteiger partial charge in [0.05, 0.1) is 6.33 Å². The number of hydrogen-bond acceptors (Lipinski definition) is 5. The van der Waals surface area contributed by atoms with Crippen LogP contribution in [0.2, 0.25) is 0 Å². The highest BCUT2D eigenvalue weighted by molar-refractivity contribution is 8.00. The summed E-state index contributed by atoms with van der Waals surface area (Å²) < 4.78 is 0. The van der Waals surface area contributed by atoms with E-state index in [2.05, 4.69) is 33.8 Å². The van der Waals surface area contributed by atoms with Crippen LogP contribution in [0.3, 0.4) is 0 Å². The lowest BCUT2D eigenvalue weighted by molar-refractivity contribution is 0.920. The average molecular weight is 256 g/mol. The molecule has 0 fully saturated rings. The Morgan fingerprint density at radius 2 is 2.06 bits per heavy atom. The van der Waals surface area contributed by atoms with Gasteiger partial charge in [0.2, 0.25) is 0 Å². The van der Waals surface area contributed by atoms with Crippen LogP contribution >= 0.6 is 23.5 Å². The molecule has 1 N–H and O–H groups in total. The molecule has 0 unspecified atom stereocenters. The first kappa shape index (κ1) is 13.3. The van der Waals surface area contributed by atoms with Crippen molar-refractivity contribution in [3.8, 4) is 0 Å². The molecular weight excluding hydrogens is 240 g/mol. The zero-order valence-corrected chi connectivity index (χ0v) is 10.4. The number of nitrogens with zero attached hydrogens (tertiary/aromatic N) is 3. The van der Waals surface area contributed by atoms with E-state index in [0.717, 1.165) is 21.3 Å². The van der Waals surface area contributed by atoms with Gasteiger partial charge in [-0.25, -0.2) is 15.0 Å². The summed E-state index contributed by atoms with van der Waals surface area (Å²) in [4.78, 5) is 16.0. The highest BCUT2D eigenvalue weighted by atomic mass is 32.2. The first-order chi connectivity index (χ1) is 7.20. The molecule has 0 saturated heterocycles. The molecule has 16 heavy (non-hydrogen) atoms. The lowest BCUT2D eigenvalue weighted by Crippen LogP contribution is -1.94. The van der Waals surface area contributed by atoms with Crippen LogP contribution in [0.15, 0.2) is 16.5 Å². The number of aromatic amines is 1. The van der Waals surface area contributed by atoms with E-state index in [0.29, 0.717) is 5.25 Å². The van der Waals surface area contributed by atoms with Crippen LogP contribution in [-0.4, -0.2) is 31.4 Å². The fourth-order valence-electron chi connectivity index (χ4n) is 1.19. The molecule has 0 saturated carbocycles. The van der Waals surface area contributed by atoms with Crippen LogP contribution in [0.1, 0.15) is 21.3 Å². The number of rotatable bonds is 3. The second-order valence-corrected chi connectivity index (χ2v) is 5.62. The highest BCUT2D eigenvalue weighted by Crippen LogP contribution is 2.27. The van der Waals surface area contributed by atoms with E-state index in [1.54, 1.807) is 18.1 Å². The van der Waals surface area contributed by atoms with Crippen molar-refractivity contribution in [3.63, 3.8) is 0 Å². The molecule has 0 amide bonds. The van der Waals surface area contributed by atoms with E-state index >= 15 is 0 Å². The first-order valence-corrected chi connectivity index (χ1v) is 6.73. The number of fused-ring (bicyclic) bond motifs is 1. The van der Waals surface area contributed by atoms with Gasteiger partial charge >= 0.3 is 0 Å². The molecule has 0 aromatic carbocycles. The number of hydrogen-bond donors (Lipinski definition) is 1. The summed E-state index contributed by atoms with van der Waals surface area (Å²) >= 11 is 3.27. The second-order valence-electron chi connectivity index (χ2n) is 3.28. The molecule has 88 valence electrons. The Kier molecular flexibility index (Phi) is 4.61. The van der Waals surface area contributed by atoms with Crippen LogP contribution in [0.5, 0.6) is 0 Å². The van der Waals surface area contributed by atoms with Crippen LogP contribution in [-0.2, 0) is 0 Å². The zero-order valence-electron chi connectivity index (χ0n) is 8.81. The number of imidazole rings is 1. The maximum absolute atomic E-state index is 4.48. The van der Waals surface area contributed by atoms with Gasteiger partial charge in [0.1, 0.15) is 10.5 Å². The number of thioether (sulfide) groups is 2. The van der Waals surface area contributed by atoms with E-state index in [4.69, 9.17) is 0 Å². The summed E-state index contributed by atoms with van der Waals surface area (Å²) in [5, 5.41) is 2.26. The van der Waals surface area contributed by atoms with Crippen molar-refractivity contribution in [1.82, 2.24) is 19.9 Å². The summed E-state index contributed by atoms with van der Waals surface area (Å²) in [5.41, 5.74) is 1.68. The van der Waals surface area contributed by atoms with E-state index in [1.807, 2.05) is 6.26 Å². The molecule has 2 rings (SSSR count). The Morgan fingerprint density at radius 1 is 1.31 bits per heavy atom. The molecule has 4 nitrogen and oxygen atoms in total. The summed E-state index contributed by atoms with van der Waals surface area (Å²) in [5.74, 6) is 0. The van der Waals surface area contributed by atoms with Gasteiger partial charge in [-0.05, 0) is 6.26 Å². The van der Waals surface area contributed by atoms with Crippen molar-refractivity contribution in [2.24, 2.45) is 0 Å². The largest absolute Gasteiger partial charge is 0.341 e. The lowest BCUT2D eigenvalue weighted by Gasteiger charge is -2.05. The third-order valence-electron chi connectivity index (χ3n) is 1.76. The molecule has 0 bridgehead atoms. The molecule has 0 atom stereocenters. The van der Waals surface area contributed by atoms with Gasteiger partial charge in [0.25, 0.3) is 0 Å². The lowest BCUT2D eigenvalue weighted by atomic mass is 10.6. The molecule has 0 aliphatic carbocycles. The number of nitrogens with one attached hydrogen (secondary N) is 1. The Hall–Kier alpha value is -0.750. The van der Waals surface area contributed by atoms with Crippen molar-refractivity contribution in [2.45, 2.75) is 36.7 Å². The molecule has 6 heteroatoms. The summed E-state index contributed by atoms with van der Waals surface area (Å²) in [6.07, 6.45) is 3.63. The molecular formula is C10H16N4S2. The summed E-state index contributed by atoms with van der Waals surface area (Å²) in [6.45, 7) is 4.29. The number of aromatic nitrogens is 4. The predicted molar refractivity (Wildman–Crippen MR) is 71.2 cm³/mol. The Balaban J connectivity index is 0.00000128. The smallest absolute Gasteiger partial charge is 0.190 e. The molecule has 0 aliphatic heterocycles. The molecule has 2 aromatic rings. The molecule has 2 aromatic heterocycles. The van der Waals surface area contributed by atoms with E-state index in [9.17, 15) is 0 Å². The molecule has 0 aliphatic rings. The van der Waals surface area contributed by atoms with Gasteiger partial charge in [0.15, 0.2) is 10.8 Å². The third-order valence-corrected chi connectivity index (χ3v) is 3.30. The minimum absolute atomic E-state index is 0. The molecule has 0 spiro atoms. The van der Waals surface area contributed by atoms with Crippen molar-refractivity contribution in [3.05, 3.63) is 6.33 Å². The van der Waals surface area contributed by atoms with Crippen molar-refractivity contribution in [2.75, 3.05) is 6.26 Å². The second kappa shape index (κ2) is 5.54. The van der Waals surface area contributed by atoms with Crippen LogP contribution in [0.4, 0.5) is 0 Å². The highest BCUT2D eigenvalue weighted by Gasteiger charge is 2.11. The van der Waals surface area contributed by atoms with E-state index in [-0.39, 0.29) is 7.43 Å². The van der Waals surface area contributed by atoms with Gasteiger partial charge in [-0.3, -0.25) is 0 Å². The third kappa shape index (κ3) is 2.68. The molecule has 2 heterocycles. The van der Waals surface area contributed by atoms with Crippen molar-refractivity contribution >= 4 is 34.7 Å². The quantitative estimate of drug-likeness (QED) is 0.519. The standard InChI is InChI=1S/C9H12N4S2.CH4/c1-5(2)15-8-6-7(11-4-10-6)12-9(13-8)14-3;/h4-5H,1-3H3,(H,10,11,12,13);1H4. The van der Waals surface area contributed by atoms with E-state index in [1.165, 1.54) is 11.8 Å². The minimum atomic E-state index is 0. The predicted octanol–water partition coefficient (Wildman–Crippen LogP) is 3.21. The average Bonchev–Trinajstić information content (AvgIpc) is 2.64. The summed E-state index contributed by atoms with van der Waals surface area (Å²) in [6, 6.07) is 0. The first-order valence-electron chi connectivity index (χ1n) is 4.62. The fraction of sp³-hybridized carbons (Fsp3) is 0.500. The minimum Gasteiger partial charge on any atom is -0.341 e. The maximum atomic E-state index is 4.48. The van der Waals surface area contributed by atoms with Gasteiger partial charge < -0.3 is 4.98 Å². The van der Waals surface area contributed by atoms with E-state index < -0.39 is 0 Å². The van der Waals surface area contributed by atoms with Gasteiger partial charge in [-0.15, -0.1) is 11.8 Å². The monoisotopic (exact) mass is 256 g/mol. The maximum Gasteiger partial charge on any atom is 0.190 e. The van der Waals surface area contributed by atoms with Crippen LogP contribution in [0.25, 0.3) is 11.2 Å². The zero-order chi connectivity index (χ0) is 10.8. The molecule has 0 radical (unpaired) electrons. The SMILES string of the molecule is C.CSc1nc(SC(C)C)c2[nH]cnc2n1. The topological polar surface area (TPSA) is 54.5 Å².